The monoisotopic (exact) mass is 163 g/mol. The molecule has 2 nitrogen and oxygen atoms in total. The molecule has 1 N–H and O–H groups in total. The zero-order chi connectivity index (χ0) is 9.14. The number of rotatable bonds is 2. The molecule has 0 atom stereocenters. The zero-order valence-electron chi connectivity index (χ0n) is 7.41. The molecule has 0 unspecified atom stereocenters. The van der Waals surface area contributed by atoms with E-state index in [1.165, 1.54) is 0 Å². The predicted octanol–water partition coefficient (Wildman–Crippen LogP) is 2.28. The molecule has 0 amide bonds. The number of hydrogen-bond donors (Lipinski definition) is 1. The highest BCUT2D eigenvalue weighted by molar-refractivity contribution is 5.59. The van der Waals surface area contributed by atoms with E-state index in [0.29, 0.717) is 0 Å². The summed E-state index contributed by atoms with van der Waals surface area (Å²) >= 11 is 0. The Hall–Kier alpha value is -1.44. The third-order valence-corrected chi connectivity index (χ3v) is 1.72. The number of anilines is 1. The van der Waals surface area contributed by atoms with Gasteiger partial charge in [0.2, 0.25) is 0 Å². The molecule has 0 aliphatic carbocycles. The summed E-state index contributed by atoms with van der Waals surface area (Å²) in [5, 5.41) is 9.05. The van der Waals surface area contributed by atoms with Crippen LogP contribution in [0.2, 0.25) is 0 Å². The molecule has 12 heavy (non-hydrogen) atoms. The average Bonchev–Trinajstić information content (AvgIpc) is 2.04. The van der Waals surface area contributed by atoms with E-state index < -0.39 is 0 Å². The molecule has 1 aromatic rings. The minimum atomic E-state index is 0.111. The summed E-state index contributed by atoms with van der Waals surface area (Å²) in [5.74, 6) is 0.111. The predicted molar refractivity (Wildman–Crippen MR) is 52.4 cm³/mol. The van der Waals surface area contributed by atoms with Crippen molar-refractivity contribution in [1.82, 2.24) is 0 Å². The van der Waals surface area contributed by atoms with Crippen molar-refractivity contribution in [3.63, 3.8) is 0 Å². The van der Waals surface area contributed by atoms with E-state index in [1.54, 1.807) is 0 Å². The Morgan fingerprint density at radius 3 is 2.08 bits per heavy atom. The lowest BCUT2D eigenvalue weighted by molar-refractivity contribution is 0.514. The maximum absolute atomic E-state index is 9.05. The lowest BCUT2D eigenvalue weighted by Crippen LogP contribution is -2.08. The van der Waals surface area contributed by atoms with Crippen molar-refractivity contribution in [2.24, 2.45) is 0 Å². The molecule has 0 heterocycles. The third-order valence-electron chi connectivity index (χ3n) is 1.72. The van der Waals surface area contributed by atoms with Crippen molar-refractivity contribution in [2.45, 2.75) is 0 Å². The largest absolute Gasteiger partial charge is 0.508 e. The summed E-state index contributed by atoms with van der Waals surface area (Å²) in [6.07, 6.45) is 0. The molecule has 1 aromatic carbocycles. The number of nitrogens with zero attached hydrogens (tertiary/aromatic N) is 1. The van der Waals surface area contributed by atoms with Crippen LogP contribution in [0.5, 0.6) is 0 Å². The summed E-state index contributed by atoms with van der Waals surface area (Å²) in [4.78, 5) is 2.00. The van der Waals surface area contributed by atoms with Gasteiger partial charge in [-0.3, -0.25) is 0 Å². The molecule has 0 saturated heterocycles. The van der Waals surface area contributed by atoms with Gasteiger partial charge in [-0.25, -0.2) is 0 Å². The number of aliphatic hydroxyl groups excluding tert-OH is 1. The van der Waals surface area contributed by atoms with Gasteiger partial charge in [-0.2, -0.15) is 0 Å². The molecule has 1 rings (SSSR count). The Bertz CT molecular complexity index is 274. The van der Waals surface area contributed by atoms with Gasteiger partial charge in [-0.15, -0.1) is 0 Å². The van der Waals surface area contributed by atoms with Crippen LogP contribution in [0.3, 0.4) is 0 Å². The van der Waals surface area contributed by atoms with Crippen molar-refractivity contribution in [1.29, 1.82) is 0 Å². The number of benzene rings is 1. The molecule has 0 saturated carbocycles. The summed E-state index contributed by atoms with van der Waals surface area (Å²) in [5.41, 5.74) is 1.88. The van der Waals surface area contributed by atoms with Crippen molar-refractivity contribution >= 4 is 11.4 Å². The zero-order valence-corrected chi connectivity index (χ0v) is 7.41. The summed E-state index contributed by atoms with van der Waals surface area (Å²) in [6, 6.07) is 7.57. The summed E-state index contributed by atoms with van der Waals surface area (Å²) in [7, 11) is 3.95. The van der Waals surface area contributed by atoms with Crippen LogP contribution in [0.25, 0.3) is 5.76 Å². The molecule has 0 radical (unpaired) electrons. The van der Waals surface area contributed by atoms with Gasteiger partial charge in [0.1, 0.15) is 5.76 Å². The Morgan fingerprint density at radius 2 is 1.75 bits per heavy atom. The average molecular weight is 163 g/mol. The van der Waals surface area contributed by atoms with Crippen LogP contribution in [-0.2, 0) is 0 Å². The van der Waals surface area contributed by atoms with Crippen molar-refractivity contribution < 1.29 is 5.11 Å². The van der Waals surface area contributed by atoms with Crippen molar-refractivity contribution in [3.8, 4) is 0 Å². The van der Waals surface area contributed by atoms with E-state index in [1.807, 2.05) is 43.3 Å². The minimum absolute atomic E-state index is 0.111. The topological polar surface area (TPSA) is 23.5 Å². The molecule has 0 aliphatic heterocycles. The highest BCUT2D eigenvalue weighted by Gasteiger charge is 1.96. The first-order valence-corrected chi connectivity index (χ1v) is 3.77. The van der Waals surface area contributed by atoms with Gasteiger partial charge in [0.05, 0.1) is 0 Å². The van der Waals surface area contributed by atoms with E-state index in [4.69, 9.17) is 5.11 Å². The Morgan fingerprint density at radius 1 is 1.25 bits per heavy atom. The van der Waals surface area contributed by atoms with Crippen molar-refractivity contribution in [2.75, 3.05) is 19.0 Å². The van der Waals surface area contributed by atoms with Crippen LogP contribution in [-0.4, -0.2) is 19.2 Å². The second-order valence-electron chi connectivity index (χ2n) is 2.89. The van der Waals surface area contributed by atoms with Gasteiger partial charge in [0.25, 0.3) is 0 Å². The van der Waals surface area contributed by atoms with Crippen LogP contribution in [0, 0.1) is 0 Å². The molecule has 0 fully saturated rings. The van der Waals surface area contributed by atoms with Crippen LogP contribution >= 0.6 is 0 Å². The maximum Gasteiger partial charge on any atom is 0.115 e. The second-order valence-corrected chi connectivity index (χ2v) is 2.89. The van der Waals surface area contributed by atoms with E-state index in [-0.39, 0.29) is 5.76 Å². The van der Waals surface area contributed by atoms with Gasteiger partial charge >= 0.3 is 0 Å². The molecule has 0 spiro atoms. The van der Waals surface area contributed by atoms with Crippen LogP contribution in [0.4, 0.5) is 5.69 Å². The van der Waals surface area contributed by atoms with Gasteiger partial charge in [-0.05, 0) is 24.3 Å². The highest BCUT2D eigenvalue weighted by Crippen LogP contribution is 2.15. The van der Waals surface area contributed by atoms with Crippen LogP contribution < -0.4 is 4.90 Å². The SMILES string of the molecule is C=C(O)c1ccc(N(C)C)cc1. The number of aliphatic hydroxyl groups is 1. The Kier molecular flexibility index (Phi) is 2.38. The van der Waals surface area contributed by atoms with Gasteiger partial charge in [0.15, 0.2) is 0 Å². The molecule has 0 aromatic heterocycles. The lowest BCUT2D eigenvalue weighted by atomic mass is 10.2. The molecule has 0 aliphatic rings. The fourth-order valence-electron chi connectivity index (χ4n) is 0.952. The molecular weight excluding hydrogens is 150 g/mol. The second kappa shape index (κ2) is 3.30. The van der Waals surface area contributed by atoms with Gasteiger partial charge in [0, 0.05) is 25.3 Å². The molecule has 0 bridgehead atoms. The standard InChI is InChI=1S/C10H13NO/c1-8(12)9-4-6-10(7-5-9)11(2)3/h4-7,12H,1H2,2-3H3. The van der Waals surface area contributed by atoms with Crippen LogP contribution in [0.1, 0.15) is 5.56 Å². The first-order valence-electron chi connectivity index (χ1n) is 3.77. The summed E-state index contributed by atoms with van der Waals surface area (Å²) in [6.45, 7) is 3.44. The van der Waals surface area contributed by atoms with Gasteiger partial charge in [-0.1, -0.05) is 6.58 Å². The van der Waals surface area contributed by atoms with Crippen molar-refractivity contribution in [3.05, 3.63) is 36.4 Å². The summed E-state index contributed by atoms with van der Waals surface area (Å²) < 4.78 is 0. The van der Waals surface area contributed by atoms with Crippen LogP contribution in [0.15, 0.2) is 30.8 Å². The van der Waals surface area contributed by atoms with E-state index in [0.717, 1.165) is 11.3 Å². The normalized spacial score (nSPS) is 9.50. The smallest absolute Gasteiger partial charge is 0.115 e. The fraction of sp³-hybridized carbons (Fsp3) is 0.200. The van der Waals surface area contributed by atoms with E-state index in [2.05, 4.69) is 6.58 Å². The Balaban J connectivity index is 2.93. The third kappa shape index (κ3) is 1.78. The number of hydrogen-bond acceptors (Lipinski definition) is 2. The van der Waals surface area contributed by atoms with Gasteiger partial charge < -0.3 is 10.0 Å². The highest BCUT2D eigenvalue weighted by atomic mass is 16.3. The molecule has 64 valence electrons. The van der Waals surface area contributed by atoms with E-state index >= 15 is 0 Å². The fourth-order valence-corrected chi connectivity index (χ4v) is 0.952. The van der Waals surface area contributed by atoms with E-state index in [9.17, 15) is 0 Å². The quantitative estimate of drug-likeness (QED) is 0.676. The lowest BCUT2D eigenvalue weighted by Gasteiger charge is -2.12. The first-order chi connectivity index (χ1) is 5.61. The minimum Gasteiger partial charge on any atom is -0.508 e. The maximum atomic E-state index is 9.05. The Labute approximate surface area is 72.8 Å². The molecule has 2 heteroatoms. The first kappa shape index (κ1) is 8.65. The molecular formula is C10H13NO.